The van der Waals surface area contributed by atoms with Crippen LogP contribution in [-0.4, -0.2) is 77.7 Å². The summed E-state index contributed by atoms with van der Waals surface area (Å²) >= 11 is 0. The molecule has 3 unspecified atom stereocenters. The van der Waals surface area contributed by atoms with Crippen molar-refractivity contribution in [3.05, 3.63) is 30.3 Å². The standard InChI is InChI=1S/C26H45NO7Si2/c1-18(2)35(19(3)4)31-17-26-16-27(24(28)15-29-22-12-10-9-11-13-22)32-23(14-30-26)25(26)33-36(34-35,20(5)6)21(7)8/h9-13,18-21,23-25,28H,14-17H2,1-8H3/t23-,24?,25?,26-/m1/s1/i14T/t14?,23-,24?,25?,26-. The highest BCUT2D eigenvalue weighted by Crippen LogP contribution is 2.50. The zero-order valence-electron chi connectivity index (χ0n) is 24.0. The fourth-order valence-electron chi connectivity index (χ4n) is 5.73. The van der Waals surface area contributed by atoms with E-state index in [0.29, 0.717) is 5.75 Å². The third-order valence-corrected chi connectivity index (χ3v) is 18.0. The number of aliphatic hydroxyl groups excluding tert-OH is 1. The number of hydrogen-bond donors (Lipinski definition) is 1. The van der Waals surface area contributed by atoms with E-state index < -0.39 is 47.7 Å². The highest BCUT2D eigenvalue weighted by Gasteiger charge is 2.66. The molecule has 3 saturated heterocycles. The lowest BCUT2D eigenvalue weighted by Gasteiger charge is -2.55. The van der Waals surface area contributed by atoms with Crippen LogP contribution in [0.4, 0.5) is 0 Å². The maximum absolute atomic E-state index is 11.0. The molecule has 0 aromatic heterocycles. The number of rotatable bonds is 8. The van der Waals surface area contributed by atoms with E-state index in [1.54, 1.807) is 0 Å². The van der Waals surface area contributed by atoms with Crippen LogP contribution in [0.15, 0.2) is 30.3 Å². The lowest BCUT2D eigenvalue weighted by molar-refractivity contribution is -0.316. The third kappa shape index (κ3) is 4.96. The molecule has 1 aromatic rings. The molecule has 10 heteroatoms. The monoisotopic (exact) mass is 541 g/mol. The van der Waals surface area contributed by atoms with Gasteiger partial charge in [-0.05, 0) is 34.3 Å². The molecule has 4 rings (SSSR count). The molecule has 3 aliphatic heterocycles. The molecule has 0 saturated carbocycles. The summed E-state index contributed by atoms with van der Waals surface area (Å²) in [4.78, 5) is 6.19. The molecule has 3 aliphatic rings. The molecule has 0 radical (unpaired) electrons. The number of hydroxylamine groups is 2. The van der Waals surface area contributed by atoms with Crippen LogP contribution in [0.3, 0.4) is 0 Å². The lowest BCUT2D eigenvalue weighted by Crippen LogP contribution is -2.72. The van der Waals surface area contributed by atoms with Crippen LogP contribution in [0.5, 0.6) is 5.75 Å². The Bertz CT molecular complexity index is 892. The summed E-state index contributed by atoms with van der Waals surface area (Å²) in [6.07, 6.45) is -2.30. The van der Waals surface area contributed by atoms with Gasteiger partial charge in [0.1, 0.15) is 30.2 Å². The average molecular weight is 542 g/mol. The Morgan fingerprint density at radius 1 is 1.03 bits per heavy atom. The van der Waals surface area contributed by atoms with Gasteiger partial charge in [0.05, 0.1) is 21.1 Å². The van der Waals surface area contributed by atoms with Crippen molar-refractivity contribution in [2.45, 2.75) is 102 Å². The van der Waals surface area contributed by atoms with E-state index in [1.807, 2.05) is 30.3 Å². The Morgan fingerprint density at radius 2 is 1.64 bits per heavy atom. The Balaban J connectivity index is 1.67. The predicted molar refractivity (Wildman–Crippen MR) is 142 cm³/mol. The minimum atomic E-state index is -2.89. The Hall–Kier alpha value is -0.826. The van der Waals surface area contributed by atoms with Crippen molar-refractivity contribution in [2.24, 2.45) is 0 Å². The van der Waals surface area contributed by atoms with E-state index in [1.165, 1.54) is 5.06 Å². The van der Waals surface area contributed by atoms with Crippen molar-refractivity contribution < 1.29 is 33.8 Å². The van der Waals surface area contributed by atoms with Crippen LogP contribution in [0.2, 0.25) is 22.2 Å². The number of nitrogens with zero attached hydrogens (tertiary/aromatic N) is 1. The molecular formula is C26H45NO7Si2. The van der Waals surface area contributed by atoms with E-state index in [4.69, 9.17) is 28.6 Å². The largest absolute Gasteiger partial charge is 0.489 e. The number of aliphatic hydroxyl groups is 1. The van der Waals surface area contributed by atoms with Gasteiger partial charge in [-0.1, -0.05) is 73.6 Å². The molecule has 8 nitrogen and oxygen atoms in total. The molecule has 0 spiro atoms. The number of para-hydroxylation sites is 1. The molecule has 5 atom stereocenters. The van der Waals surface area contributed by atoms with E-state index in [-0.39, 0.29) is 41.9 Å². The lowest BCUT2D eigenvalue weighted by atomic mass is 9.95. The van der Waals surface area contributed by atoms with E-state index in [2.05, 4.69) is 55.4 Å². The molecular weight excluding hydrogens is 494 g/mol. The van der Waals surface area contributed by atoms with Crippen LogP contribution in [0.25, 0.3) is 0 Å². The molecule has 0 aliphatic carbocycles. The van der Waals surface area contributed by atoms with Gasteiger partial charge in [-0.2, -0.15) is 5.06 Å². The first-order valence-electron chi connectivity index (χ1n) is 13.9. The van der Waals surface area contributed by atoms with Crippen LogP contribution < -0.4 is 4.74 Å². The molecule has 0 amide bonds. The molecule has 1 aromatic carbocycles. The second-order valence-corrected chi connectivity index (χ2v) is 20.4. The highest BCUT2D eigenvalue weighted by atomic mass is 28.5. The number of hydrogen-bond acceptors (Lipinski definition) is 8. The number of ether oxygens (including phenoxy) is 2. The second kappa shape index (κ2) is 10.7. The minimum absolute atomic E-state index is 0.0122. The Morgan fingerprint density at radius 3 is 2.22 bits per heavy atom. The van der Waals surface area contributed by atoms with Gasteiger partial charge in [-0.3, -0.25) is 4.84 Å². The normalized spacial score (nSPS) is 33.4. The predicted octanol–water partition coefficient (Wildman–Crippen LogP) is 4.73. The first-order chi connectivity index (χ1) is 17.4. The van der Waals surface area contributed by atoms with Crippen LogP contribution in [0, 0.1) is 0 Å². The van der Waals surface area contributed by atoms with Gasteiger partial charge in [0.25, 0.3) is 0 Å². The molecule has 1 N–H and O–H groups in total. The van der Waals surface area contributed by atoms with Gasteiger partial charge in [0.15, 0.2) is 6.23 Å². The van der Waals surface area contributed by atoms with Crippen LogP contribution in [-0.2, 0) is 22.5 Å². The third-order valence-electron chi connectivity index (χ3n) is 7.80. The van der Waals surface area contributed by atoms with Crippen molar-refractivity contribution in [1.29, 1.82) is 0 Å². The summed E-state index contributed by atoms with van der Waals surface area (Å²) in [5, 5.41) is 12.5. The summed E-state index contributed by atoms with van der Waals surface area (Å²) in [6, 6.07) is 9.35. The average Bonchev–Trinajstić information content (AvgIpc) is 2.97. The SMILES string of the molecule is [3H]C1O[C@]23CO[Si](C(C)C)(C(C)C)O[Si](C(C)C)(C(C)C)OC2[C@@H]1ON(C(O)COc1ccccc1)C3. The molecule has 3 fully saturated rings. The van der Waals surface area contributed by atoms with Gasteiger partial charge >= 0.3 is 17.1 Å². The summed E-state index contributed by atoms with van der Waals surface area (Å²) < 4.78 is 42.2. The van der Waals surface area contributed by atoms with Crippen LogP contribution in [0.1, 0.15) is 56.8 Å². The van der Waals surface area contributed by atoms with E-state index in [9.17, 15) is 5.11 Å². The van der Waals surface area contributed by atoms with E-state index in [0.717, 1.165) is 0 Å². The van der Waals surface area contributed by atoms with Gasteiger partial charge < -0.3 is 27.5 Å². The Kier molecular flexibility index (Phi) is 7.99. The fraction of sp³-hybridized carbons (Fsp3) is 0.769. The summed E-state index contributed by atoms with van der Waals surface area (Å²) in [7, 11) is -5.67. The smallest absolute Gasteiger partial charge is 0.335 e. The summed E-state index contributed by atoms with van der Waals surface area (Å²) in [6.45, 7) is 16.8. The van der Waals surface area contributed by atoms with Gasteiger partial charge in [0, 0.05) is 0 Å². The topological polar surface area (TPSA) is 78.9 Å². The van der Waals surface area contributed by atoms with Crippen molar-refractivity contribution >= 4 is 17.1 Å². The van der Waals surface area contributed by atoms with E-state index >= 15 is 0 Å². The summed E-state index contributed by atoms with van der Waals surface area (Å²) in [5.74, 6) is 0.663. The quantitative estimate of drug-likeness (QED) is 0.474. The molecule has 36 heavy (non-hydrogen) atoms. The second-order valence-electron chi connectivity index (χ2n) is 11.6. The van der Waals surface area contributed by atoms with Gasteiger partial charge in [-0.15, -0.1) is 0 Å². The minimum Gasteiger partial charge on any atom is -0.489 e. The molecule has 2 bridgehead atoms. The zero-order valence-corrected chi connectivity index (χ0v) is 25.0. The molecule has 3 heterocycles. The number of benzene rings is 1. The van der Waals surface area contributed by atoms with Crippen molar-refractivity contribution in [3.63, 3.8) is 0 Å². The van der Waals surface area contributed by atoms with Crippen molar-refractivity contribution in [2.75, 3.05) is 26.3 Å². The van der Waals surface area contributed by atoms with Gasteiger partial charge in [0.2, 0.25) is 0 Å². The zero-order chi connectivity index (χ0) is 27.2. The fourth-order valence-corrected chi connectivity index (χ4v) is 17.0. The first-order valence-corrected chi connectivity index (χ1v) is 17.2. The van der Waals surface area contributed by atoms with Crippen LogP contribution >= 0.6 is 0 Å². The maximum Gasteiger partial charge on any atom is 0.335 e. The maximum atomic E-state index is 11.0. The van der Waals surface area contributed by atoms with Gasteiger partial charge in [-0.25, -0.2) is 0 Å². The van der Waals surface area contributed by atoms with Crippen molar-refractivity contribution in [3.8, 4) is 5.75 Å². The highest BCUT2D eigenvalue weighted by molar-refractivity contribution is 6.84. The Labute approximate surface area is 220 Å². The van der Waals surface area contributed by atoms with Crippen molar-refractivity contribution in [1.82, 2.24) is 5.06 Å². The first kappa shape index (κ1) is 26.8. The summed E-state index contributed by atoms with van der Waals surface area (Å²) in [5.41, 5.74) is -0.266. The molecule has 204 valence electrons.